The van der Waals surface area contributed by atoms with Crippen molar-refractivity contribution in [2.24, 2.45) is 0 Å². The molecule has 0 bridgehead atoms. The van der Waals surface area contributed by atoms with Crippen molar-refractivity contribution >= 4 is 22.1 Å². The number of esters is 2. The SMILES string of the molecule is C=CCCCCCCCCCCCCCCCCCCCCCOC(=O)c1cccc(S(=O)(=O)[O-])c1C(=O)OCCCCCCCCCCCCCCCCCCCCCC=C.[Na+]. The maximum Gasteiger partial charge on any atom is 1.00 e. The fourth-order valence-corrected chi connectivity index (χ4v) is 9.08. The van der Waals surface area contributed by atoms with E-state index in [0.29, 0.717) is 12.8 Å². The van der Waals surface area contributed by atoms with Crippen molar-refractivity contribution in [1.29, 1.82) is 0 Å². The molecule has 9 heteroatoms. The van der Waals surface area contributed by atoms with Crippen molar-refractivity contribution in [1.82, 2.24) is 0 Å². The molecule has 63 heavy (non-hydrogen) atoms. The first kappa shape index (κ1) is 61.5. The summed E-state index contributed by atoms with van der Waals surface area (Å²) in [6.07, 6.45) is 54.1. The van der Waals surface area contributed by atoms with Gasteiger partial charge in [-0.15, -0.1) is 13.2 Å². The molecule has 0 N–H and O–H groups in total. The van der Waals surface area contributed by atoms with Crippen LogP contribution in [0.1, 0.15) is 278 Å². The number of ether oxygens (including phenoxy) is 2. The molecule has 0 saturated heterocycles. The summed E-state index contributed by atoms with van der Waals surface area (Å²) in [5.74, 6) is -1.80. The van der Waals surface area contributed by atoms with Gasteiger partial charge >= 0.3 is 41.5 Å². The summed E-state index contributed by atoms with van der Waals surface area (Å²) in [6.45, 7) is 7.83. The standard InChI is InChI=1S/C54H94O7S.Na/c1-3-5-7-9-11-13-15-17-19-21-23-25-27-29-31-33-35-37-39-41-43-48-60-53(55)50-46-45-47-51(62(57,58)59)52(50)54(56)61-49-44-42-40-38-36-34-32-30-28-26-24-22-20-18-16-14-12-10-8-6-4-2;/h3-4,45-47H,1-2,5-44,48-49H2,(H,57,58,59);/q;+1/p-1. The first-order valence-corrected chi connectivity index (χ1v) is 27.4. The van der Waals surface area contributed by atoms with Crippen molar-refractivity contribution in [3.63, 3.8) is 0 Å². The van der Waals surface area contributed by atoms with Crippen LogP contribution >= 0.6 is 0 Å². The van der Waals surface area contributed by atoms with E-state index >= 15 is 0 Å². The third-order valence-electron chi connectivity index (χ3n) is 12.3. The molecule has 0 fully saturated rings. The van der Waals surface area contributed by atoms with E-state index in [2.05, 4.69) is 13.2 Å². The number of hydrogen-bond donors (Lipinski definition) is 0. The van der Waals surface area contributed by atoms with Crippen LogP contribution in [-0.2, 0) is 19.6 Å². The number of carbonyl (C=O) groups is 2. The van der Waals surface area contributed by atoms with E-state index < -0.39 is 32.5 Å². The van der Waals surface area contributed by atoms with Crippen molar-refractivity contribution in [2.45, 2.75) is 262 Å². The molecule has 1 aromatic rings. The zero-order chi connectivity index (χ0) is 45.0. The largest absolute Gasteiger partial charge is 1.00 e. The van der Waals surface area contributed by atoms with Gasteiger partial charge < -0.3 is 14.0 Å². The maximum atomic E-state index is 13.1. The van der Waals surface area contributed by atoms with Crippen LogP contribution in [0.15, 0.2) is 48.4 Å². The van der Waals surface area contributed by atoms with Gasteiger partial charge in [-0.1, -0.05) is 237 Å². The number of hydrogen-bond acceptors (Lipinski definition) is 7. The fourth-order valence-electron chi connectivity index (χ4n) is 8.39. The summed E-state index contributed by atoms with van der Waals surface area (Å²) in [4.78, 5) is 25.3. The zero-order valence-corrected chi connectivity index (χ0v) is 43.6. The quantitative estimate of drug-likeness (QED) is 0.0211. The molecule has 0 aliphatic rings. The minimum atomic E-state index is -5.02. The first-order valence-electron chi connectivity index (χ1n) is 26.0. The second-order valence-corrected chi connectivity index (χ2v) is 19.3. The van der Waals surface area contributed by atoms with Crippen LogP contribution in [0.25, 0.3) is 0 Å². The molecule has 1 rings (SSSR count). The van der Waals surface area contributed by atoms with Gasteiger partial charge in [-0.25, -0.2) is 18.0 Å². The van der Waals surface area contributed by atoms with Gasteiger partial charge in [0, 0.05) is 0 Å². The summed E-state index contributed by atoms with van der Waals surface area (Å²) in [5.41, 5.74) is -0.769. The summed E-state index contributed by atoms with van der Waals surface area (Å²) < 4.78 is 47.0. The topological polar surface area (TPSA) is 110 Å². The van der Waals surface area contributed by atoms with Crippen molar-refractivity contribution in [3.05, 3.63) is 54.6 Å². The van der Waals surface area contributed by atoms with Gasteiger partial charge in [0.15, 0.2) is 0 Å². The van der Waals surface area contributed by atoms with Crippen molar-refractivity contribution in [2.75, 3.05) is 13.2 Å². The molecule has 358 valence electrons. The number of rotatable bonds is 47. The number of allylic oxidation sites excluding steroid dienone is 2. The van der Waals surface area contributed by atoms with Crippen LogP contribution in [0.5, 0.6) is 0 Å². The second-order valence-electron chi connectivity index (χ2n) is 18.0. The summed E-state index contributed by atoms with van der Waals surface area (Å²) in [5, 5.41) is 0. The van der Waals surface area contributed by atoms with Crippen LogP contribution in [0.2, 0.25) is 0 Å². The third-order valence-corrected chi connectivity index (χ3v) is 13.2. The molecule has 7 nitrogen and oxygen atoms in total. The average Bonchev–Trinajstić information content (AvgIpc) is 3.26. The Hall–Kier alpha value is -1.45. The molecule has 1 aromatic carbocycles. The Kier molecular flexibility index (Phi) is 44.6. The molecular weight excluding hydrogens is 816 g/mol. The number of unbranched alkanes of at least 4 members (excludes halogenated alkanes) is 38. The van der Waals surface area contributed by atoms with Gasteiger partial charge in [-0.2, -0.15) is 0 Å². The van der Waals surface area contributed by atoms with E-state index in [1.54, 1.807) is 0 Å². The molecule has 0 atom stereocenters. The Labute approximate surface area is 410 Å². The van der Waals surface area contributed by atoms with E-state index in [4.69, 9.17) is 9.47 Å². The molecule has 0 unspecified atom stereocenters. The molecular formula is C54H93NaO7S. The smallest absolute Gasteiger partial charge is 0.744 e. The predicted octanol–water partition coefficient (Wildman–Crippen LogP) is 13.9. The molecule has 0 aliphatic heterocycles. The van der Waals surface area contributed by atoms with Gasteiger partial charge in [0.1, 0.15) is 10.1 Å². The summed E-state index contributed by atoms with van der Waals surface area (Å²) in [6, 6.07) is 3.65. The Bertz CT molecular complexity index is 1350. The number of benzene rings is 1. The fraction of sp³-hybridized carbons (Fsp3) is 0.778. The maximum absolute atomic E-state index is 13.1. The molecule has 0 amide bonds. The van der Waals surface area contributed by atoms with Crippen molar-refractivity contribution < 1.29 is 61.6 Å². The van der Waals surface area contributed by atoms with E-state index in [9.17, 15) is 22.6 Å². The predicted molar refractivity (Wildman–Crippen MR) is 260 cm³/mol. The molecule has 0 aromatic heterocycles. The Morgan fingerprint density at radius 1 is 0.429 bits per heavy atom. The molecule has 0 aliphatic carbocycles. The van der Waals surface area contributed by atoms with E-state index in [-0.39, 0.29) is 48.3 Å². The Balaban J connectivity index is 0.0000384. The average molecular weight is 909 g/mol. The van der Waals surface area contributed by atoms with Crippen LogP contribution in [0, 0.1) is 0 Å². The van der Waals surface area contributed by atoms with Crippen LogP contribution < -0.4 is 29.6 Å². The summed E-state index contributed by atoms with van der Waals surface area (Å²) >= 11 is 0. The zero-order valence-electron chi connectivity index (χ0n) is 40.8. The molecule has 0 radical (unpaired) electrons. The molecule has 0 heterocycles. The Morgan fingerprint density at radius 3 is 0.952 bits per heavy atom. The first-order chi connectivity index (χ1) is 30.3. The Morgan fingerprint density at radius 2 is 0.683 bits per heavy atom. The molecule has 0 saturated carbocycles. The van der Waals surface area contributed by atoms with Gasteiger partial charge in [-0.05, 0) is 50.7 Å². The minimum Gasteiger partial charge on any atom is -0.744 e. The van der Waals surface area contributed by atoms with Crippen LogP contribution in [0.4, 0.5) is 0 Å². The second kappa shape index (κ2) is 45.7. The van der Waals surface area contributed by atoms with Gasteiger partial charge in [-0.3, -0.25) is 0 Å². The number of carbonyl (C=O) groups excluding carboxylic acids is 2. The van der Waals surface area contributed by atoms with Gasteiger partial charge in [0.2, 0.25) is 0 Å². The monoisotopic (exact) mass is 909 g/mol. The van der Waals surface area contributed by atoms with Crippen LogP contribution in [0.3, 0.4) is 0 Å². The van der Waals surface area contributed by atoms with Gasteiger partial charge in [0.05, 0.1) is 29.2 Å². The third kappa shape index (κ3) is 37.3. The van der Waals surface area contributed by atoms with Crippen molar-refractivity contribution in [3.8, 4) is 0 Å². The van der Waals surface area contributed by atoms with Crippen LogP contribution in [-0.4, -0.2) is 38.1 Å². The normalized spacial score (nSPS) is 11.3. The minimum absolute atomic E-state index is 0. The van der Waals surface area contributed by atoms with E-state index in [1.165, 1.54) is 205 Å². The molecule has 0 spiro atoms. The van der Waals surface area contributed by atoms with E-state index in [0.717, 1.165) is 57.4 Å². The van der Waals surface area contributed by atoms with Gasteiger partial charge in [0.25, 0.3) is 0 Å². The van der Waals surface area contributed by atoms with E-state index in [1.807, 2.05) is 12.2 Å². The summed E-state index contributed by atoms with van der Waals surface area (Å²) in [7, 11) is -5.02.